The second kappa shape index (κ2) is 8.39. The van der Waals surface area contributed by atoms with Gasteiger partial charge in [-0.05, 0) is 36.2 Å². The molecule has 0 unspecified atom stereocenters. The number of carbonyl (C=O) groups is 1. The van der Waals surface area contributed by atoms with E-state index in [1.165, 1.54) is 6.07 Å². The Labute approximate surface area is 164 Å². The Hall–Kier alpha value is -2.93. The molecule has 2 heterocycles. The number of nitrogens with zero attached hydrogens (tertiary/aromatic N) is 2. The number of benzene rings is 1. The molecule has 0 bridgehead atoms. The Morgan fingerprint density at radius 2 is 1.79 bits per heavy atom. The Kier molecular flexibility index (Phi) is 5.94. The summed E-state index contributed by atoms with van der Waals surface area (Å²) in [6.45, 7) is 0.194. The van der Waals surface area contributed by atoms with Crippen LogP contribution in [0.3, 0.4) is 0 Å². The van der Waals surface area contributed by atoms with E-state index < -0.39 is 23.3 Å². The average Bonchev–Trinajstić information content (AvgIpc) is 2.68. The fourth-order valence-corrected chi connectivity index (χ4v) is 2.81. The van der Waals surface area contributed by atoms with E-state index in [0.717, 1.165) is 29.1 Å². The molecule has 1 amide bonds. The van der Waals surface area contributed by atoms with Crippen LogP contribution < -0.4 is 5.32 Å². The first-order valence-electron chi connectivity index (χ1n) is 8.37. The smallest absolute Gasteiger partial charge is 0.352 e. The van der Waals surface area contributed by atoms with Crippen molar-refractivity contribution in [3.63, 3.8) is 0 Å². The van der Waals surface area contributed by atoms with Gasteiger partial charge in [0.15, 0.2) is 5.69 Å². The lowest BCUT2D eigenvalue weighted by Gasteiger charge is -2.11. The third-order valence-electron chi connectivity index (χ3n) is 3.98. The van der Waals surface area contributed by atoms with E-state index in [1.807, 2.05) is 36.4 Å². The molecule has 3 rings (SSSR count). The molecule has 4 nitrogen and oxygen atoms in total. The third kappa shape index (κ3) is 4.86. The number of aromatic nitrogens is 2. The Balaban J connectivity index is 1.61. The molecule has 2 aromatic heterocycles. The van der Waals surface area contributed by atoms with E-state index in [4.69, 9.17) is 11.6 Å². The maximum Gasteiger partial charge on any atom is 0.434 e. The van der Waals surface area contributed by atoms with Crippen LogP contribution in [0.1, 0.15) is 21.6 Å². The summed E-state index contributed by atoms with van der Waals surface area (Å²) in [4.78, 5) is 19.6. The van der Waals surface area contributed by atoms with Crippen LogP contribution in [0.25, 0.3) is 11.3 Å². The van der Waals surface area contributed by atoms with Gasteiger partial charge in [-0.25, -0.2) is 4.98 Å². The minimum atomic E-state index is -4.68. The summed E-state index contributed by atoms with van der Waals surface area (Å²) < 4.78 is 38.8. The molecule has 0 aliphatic heterocycles. The summed E-state index contributed by atoms with van der Waals surface area (Å²) in [7, 11) is 0. The molecule has 1 N–H and O–H groups in total. The van der Waals surface area contributed by atoms with Gasteiger partial charge in [-0.1, -0.05) is 41.9 Å². The first-order chi connectivity index (χ1) is 13.3. The molecule has 0 radical (unpaired) electrons. The monoisotopic (exact) mass is 405 g/mol. The van der Waals surface area contributed by atoms with Crippen LogP contribution in [0.5, 0.6) is 0 Å². The Morgan fingerprint density at radius 1 is 1.04 bits per heavy atom. The second-order valence-corrected chi connectivity index (χ2v) is 6.33. The molecule has 0 saturated heterocycles. The van der Waals surface area contributed by atoms with Crippen molar-refractivity contribution in [1.82, 2.24) is 15.3 Å². The molecule has 3 aromatic rings. The highest BCUT2D eigenvalue weighted by Crippen LogP contribution is 2.29. The number of carbonyl (C=O) groups excluding carboxylic acids is 1. The predicted octanol–water partition coefficient (Wildman–Crippen LogP) is 4.79. The third-order valence-corrected chi connectivity index (χ3v) is 4.20. The van der Waals surface area contributed by atoms with E-state index in [9.17, 15) is 18.0 Å². The quantitative estimate of drug-likeness (QED) is 0.621. The zero-order chi connectivity index (χ0) is 20.1. The van der Waals surface area contributed by atoms with Crippen LogP contribution in [0.15, 0.2) is 60.8 Å². The van der Waals surface area contributed by atoms with Crippen molar-refractivity contribution in [2.75, 3.05) is 6.54 Å². The predicted molar refractivity (Wildman–Crippen MR) is 100.0 cm³/mol. The topological polar surface area (TPSA) is 54.9 Å². The molecule has 8 heteroatoms. The van der Waals surface area contributed by atoms with Gasteiger partial charge in [0.25, 0.3) is 5.91 Å². The number of rotatable bonds is 5. The van der Waals surface area contributed by atoms with Crippen LogP contribution in [-0.4, -0.2) is 22.4 Å². The van der Waals surface area contributed by atoms with Gasteiger partial charge in [-0.2, -0.15) is 13.2 Å². The van der Waals surface area contributed by atoms with Crippen molar-refractivity contribution in [3.05, 3.63) is 82.8 Å². The van der Waals surface area contributed by atoms with Crippen molar-refractivity contribution < 1.29 is 18.0 Å². The van der Waals surface area contributed by atoms with Gasteiger partial charge in [0.1, 0.15) is 5.15 Å². The molecule has 0 fully saturated rings. The number of halogens is 4. The molecular formula is C20H15ClF3N3O. The lowest BCUT2D eigenvalue weighted by molar-refractivity contribution is -0.141. The first kappa shape index (κ1) is 19.8. The summed E-state index contributed by atoms with van der Waals surface area (Å²) in [5.74, 6) is -0.805. The number of pyridine rings is 2. The standard InChI is InChI=1S/C20H15ClF3N3O/c21-17-5-1-4-16(27-17)14-8-6-13(7-9-14)10-12-26-19(28)15-3-2-11-25-18(15)20(22,23)24/h1-9,11H,10,12H2,(H,26,28). The van der Waals surface area contributed by atoms with Crippen molar-refractivity contribution in [1.29, 1.82) is 0 Å². The first-order valence-corrected chi connectivity index (χ1v) is 8.74. The van der Waals surface area contributed by atoms with Crippen LogP contribution in [-0.2, 0) is 12.6 Å². The lowest BCUT2D eigenvalue weighted by atomic mass is 10.1. The molecule has 1 aromatic carbocycles. The van der Waals surface area contributed by atoms with E-state index >= 15 is 0 Å². The molecule has 0 aliphatic carbocycles. The lowest BCUT2D eigenvalue weighted by Crippen LogP contribution is -2.28. The Bertz CT molecular complexity index is 975. The van der Waals surface area contributed by atoms with E-state index in [0.29, 0.717) is 11.6 Å². The van der Waals surface area contributed by atoms with E-state index in [2.05, 4.69) is 15.3 Å². The molecule has 0 atom stereocenters. The van der Waals surface area contributed by atoms with Gasteiger partial charge >= 0.3 is 6.18 Å². The van der Waals surface area contributed by atoms with Gasteiger partial charge in [0.2, 0.25) is 0 Å². The zero-order valence-corrected chi connectivity index (χ0v) is 15.3. The van der Waals surface area contributed by atoms with Crippen molar-refractivity contribution in [2.24, 2.45) is 0 Å². The fraction of sp³-hybridized carbons (Fsp3) is 0.150. The summed E-state index contributed by atoms with van der Waals surface area (Å²) in [5, 5.41) is 2.91. The van der Waals surface area contributed by atoms with Gasteiger partial charge in [0.05, 0.1) is 11.3 Å². The molecule has 0 aliphatic rings. The van der Waals surface area contributed by atoms with Crippen LogP contribution >= 0.6 is 11.6 Å². The van der Waals surface area contributed by atoms with Crippen molar-refractivity contribution >= 4 is 17.5 Å². The van der Waals surface area contributed by atoms with Gasteiger partial charge in [0, 0.05) is 18.3 Å². The molecule has 0 spiro atoms. The number of nitrogens with one attached hydrogen (secondary N) is 1. The molecular weight excluding hydrogens is 391 g/mol. The van der Waals surface area contributed by atoms with Crippen molar-refractivity contribution in [3.8, 4) is 11.3 Å². The summed E-state index contributed by atoms with van der Waals surface area (Å²) in [6, 6.07) is 15.2. The number of amides is 1. The highest BCUT2D eigenvalue weighted by molar-refractivity contribution is 6.29. The van der Waals surface area contributed by atoms with E-state index in [1.54, 1.807) is 6.07 Å². The highest BCUT2D eigenvalue weighted by Gasteiger charge is 2.36. The van der Waals surface area contributed by atoms with Crippen LogP contribution in [0.4, 0.5) is 13.2 Å². The van der Waals surface area contributed by atoms with Crippen LogP contribution in [0, 0.1) is 0 Å². The summed E-state index contributed by atoms with van der Waals surface area (Å²) >= 11 is 5.89. The van der Waals surface area contributed by atoms with E-state index in [-0.39, 0.29) is 6.54 Å². The normalized spacial score (nSPS) is 11.3. The minimum Gasteiger partial charge on any atom is -0.352 e. The van der Waals surface area contributed by atoms with Crippen molar-refractivity contribution in [2.45, 2.75) is 12.6 Å². The van der Waals surface area contributed by atoms with Gasteiger partial charge < -0.3 is 5.32 Å². The maximum absolute atomic E-state index is 12.9. The maximum atomic E-state index is 12.9. The Morgan fingerprint density at radius 3 is 2.46 bits per heavy atom. The molecule has 28 heavy (non-hydrogen) atoms. The second-order valence-electron chi connectivity index (χ2n) is 5.95. The number of hydrogen-bond acceptors (Lipinski definition) is 3. The minimum absolute atomic E-state index is 0.194. The van der Waals surface area contributed by atoms with Gasteiger partial charge in [-0.3, -0.25) is 9.78 Å². The van der Waals surface area contributed by atoms with Gasteiger partial charge in [-0.15, -0.1) is 0 Å². The highest BCUT2D eigenvalue weighted by atomic mass is 35.5. The summed E-state index contributed by atoms with van der Waals surface area (Å²) in [6.07, 6.45) is -3.20. The summed E-state index contributed by atoms with van der Waals surface area (Å²) in [5.41, 5.74) is 0.876. The van der Waals surface area contributed by atoms with Crippen LogP contribution in [0.2, 0.25) is 5.15 Å². The zero-order valence-electron chi connectivity index (χ0n) is 14.5. The number of hydrogen-bond donors (Lipinski definition) is 1. The number of alkyl halides is 3. The fourth-order valence-electron chi connectivity index (χ4n) is 2.64. The largest absolute Gasteiger partial charge is 0.434 e. The average molecular weight is 406 g/mol. The SMILES string of the molecule is O=C(NCCc1ccc(-c2cccc(Cl)n2)cc1)c1cccnc1C(F)(F)F. The molecule has 0 saturated carbocycles. The molecule has 144 valence electrons.